The molecule has 0 aliphatic heterocycles. The molecule has 22 heavy (non-hydrogen) atoms. The number of anilines is 1. The van der Waals surface area contributed by atoms with Crippen molar-refractivity contribution in [2.24, 2.45) is 0 Å². The largest absolute Gasteiger partial charge is 0.389 e. The van der Waals surface area contributed by atoms with Gasteiger partial charge in [0.15, 0.2) is 0 Å². The molecule has 0 radical (unpaired) electrons. The molecular weight excluding hydrogens is 278 g/mol. The number of nitrogens with zero attached hydrogens (tertiary/aromatic N) is 1. The van der Waals surface area contributed by atoms with Crippen molar-refractivity contribution >= 4 is 11.7 Å². The lowest BCUT2D eigenvalue weighted by Crippen LogP contribution is -2.38. The van der Waals surface area contributed by atoms with E-state index >= 15 is 0 Å². The molecule has 0 spiro atoms. The molecule has 5 nitrogen and oxygen atoms in total. The lowest BCUT2D eigenvalue weighted by atomic mass is 9.82. The number of aliphatic hydroxyl groups is 1. The summed E-state index contributed by atoms with van der Waals surface area (Å²) in [6, 6.07) is 5.78. The van der Waals surface area contributed by atoms with E-state index in [1.807, 2.05) is 18.2 Å². The molecule has 1 aromatic heterocycles. The van der Waals surface area contributed by atoms with Crippen LogP contribution in [-0.2, 0) is 4.79 Å². The van der Waals surface area contributed by atoms with Crippen LogP contribution in [0.3, 0.4) is 0 Å². The Bertz CT molecular complexity index is 444. The maximum Gasteiger partial charge on any atom is 0.222 e. The van der Waals surface area contributed by atoms with Gasteiger partial charge in [-0.15, -0.1) is 0 Å². The lowest BCUT2D eigenvalue weighted by molar-refractivity contribution is -0.127. The zero-order valence-corrected chi connectivity index (χ0v) is 13.2. The third-order valence-corrected chi connectivity index (χ3v) is 4.17. The van der Waals surface area contributed by atoms with Gasteiger partial charge >= 0.3 is 0 Å². The molecular formula is C17H27N3O2. The Morgan fingerprint density at radius 3 is 2.68 bits per heavy atom. The van der Waals surface area contributed by atoms with Gasteiger partial charge in [-0.2, -0.15) is 0 Å². The average molecular weight is 305 g/mol. The summed E-state index contributed by atoms with van der Waals surface area (Å²) in [4.78, 5) is 16.1. The van der Waals surface area contributed by atoms with E-state index in [0.29, 0.717) is 6.54 Å². The van der Waals surface area contributed by atoms with Gasteiger partial charge in [0.2, 0.25) is 5.91 Å². The number of unbranched alkanes of at least 4 members (excludes halogenated alkanes) is 1. The van der Waals surface area contributed by atoms with Crippen molar-refractivity contribution in [3.05, 3.63) is 24.4 Å². The molecule has 1 saturated carbocycles. The van der Waals surface area contributed by atoms with Gasteiger partial charge in [-0.3, -0.25) is 4.79 Å². The number of nitrogens with one attached hydrogen (secondary N) is 2. The molecule has 1 heterocycles. The fourth-order valence-corrected chi connectivity index (χ4v) is 2.91. The van der Waals surface area contributed by atoms with Crippen molar-refractivity contribution in [2.45, 2.75) is 57.0 Å². The van der Waals surface area contributed by atoms with Crippen molar-refractivity contribution in [3.63, 3.8) is 0 Å². The molecule has 122 valence electrons. The summed E-state index contributed by atoms with van der Waals surface area (Å²) in [5, 5.41) is 16.5. The van der Waals surface area contributed by atoms with Crippen molar-refractivity contribution in [1.82, 2.24) is 10.3 Å². The van der Waals surface area contributed by atoms with Crippen molar-refractivity contribution in [2.75, 3.05) is 18.4 Å². The molecule has 2 rings (SSSR count). The summed E-state index contributed by atoms with van der Waals surface area (Å²) in [5.74, 6) is 0.855. The third kappa shape index (κ3) is 6.02. The Morgan fingerprint density at radius 2 is 1.95 bits per heavy atom. The predicted octanol–water partition coefficient (Wildman–Crippen LogP) is 2.48. The van der Waals surface area contributed by atoms with Gasteiger partial charge in [-0.25, -0.2) is 4.98 Å². The van der Waals surface area contributed by atoms with Crippen molar-refractivity contribution in [1.29, 1.82) is 0 Å². The maximum absolute atomic E-state index is 11.9. The van der Waals surface area contributed by atoms with Crippen LogP contribution in [0.15, 0.2) is 24.4 Å². The van der Waals surface area contributed by atoms with Crippen LogP contribution in [0.5, 0.6) is 0 Å². The van der Waals surface area contributed by atoms with Gasteiger partial charge in [0.05, 0.1) is 12.0 Å². The number of pyridine rings is 1. The van der Waals surface area contributed by atoms with Crippen molar-refractivity contribution in [3.8, 4) is 0 Å². The Labute approximate surface area is 132 Å². The minimum absolute atomic E-state index is 0.0258. The molecule has 0 unspecified atom stereocenters. The van der Waals surface area contributed by atoms with E-state index in [0.717, 1.165) is 50.9 Å². The Kier molecular flexibility index (Phi) is 6.65. The topological polar surface area (TPSA) is 74.2 Å². The Hall–Kier alpha value is -1.62. The Balaban J connectivity index is 1.52. The van der Waals surface area contributed by atoms with E-state index in [-0.39, 0.29) is 12.3 Å². The van der Waals surface area contributed by atoms with E-state index in [2.05, 4.69) is 15.6 Å². The second kappa shape index (κ2) is 8.73. The first-order valence-corrected chi connectivity index (χ1v) is 8.32. The molecule has 0 aromatic carbocycles. The first kappa shape index (κ1) is 16.7. The minimum Gasteiger partial charge on any atom is -0.389 e. The van der Waals surface area contributed by atoms with Crippen molar-refractivity contribution < 1.29 is 9.90 Å². The van der Waals surface area contributed by atoms with Gasteiger partial charge in [0.25, 0.3) is 0 Å². The molecule has 0 atom stereocenters. The SMILES string of the molecule is O=C(CC1(O)CCCCC1)NCCCCNc1ccccn1. The highest BCUT2D eigenvalue weighted by Gasteiger charge is 2.31. The normalized spacial score (nSPS) is 17.0. The van der Waals surface area contributed by atoms with Crippen LogP contribution in [0.2, 0.25) is 0 Å². The molecule has 5 heteroatoms. The van der Waals surface area contributed by atoms with Crippen LogP contribution in [0.4, 0.5) is 5.82 Å². The monoisotopic (exact) mass is 305 g/mol. The number of carbonyl (C=O) groups is 1. The number of carbonyl (C=O) groups excluding carboxylic acids is 1. The van der Waals surface area contributed by atoms with Gasteiger partial charge in [-0.1, -0.05) is 25.3 Å². The van der Waals surface area contributed by atoms with Crippen LogP contribution in [0, 0.1) is 0 Å². The highest BCUT2D eigenvalue weighted by Crippen LogP contribution is 2.30. The summed E-state index contributed by atoms with van der Waals surface area (Å²) in [6.45, 7) is 1.51. The van der Waals surface area contributed by atoms with Gasteiger partial charge in [0.1, 0.15) is 5.82 Å². The number of hydrogen-bond donors (Lipinski definition) is 3. The van der Waals surface area contributed by atoms with E-state index in [1.165, 1.54) is 6.42 Å². The number of rotatable bonds is 8. The smallest absolute Gasteiger partial charge is 0.222 e. The second-order valence-electron chi connectivity index (χ2n) is 6.16. The molecule has 1 fully saturated rings. The molecule has 0 bridgehead atoms. The molecule has 1 aromatic rings. The fraction of sp³-hybridized carbons (Fsp3) is 0.647. The van der Waals surface area contributed by atoms with E-state index in [4.69, 9.17) is 0 Å². The summed E-state index contributed by atoms with van der Waals surface area (Å²) in [7, 11) is 0. The molecule has 1 aliphatic rings. The first-order valence-electron chi connectivity index (χ1n) is 8.32. The summed E-state index contributed by atoms with van der Waals surface area (Å²) < 4.78 is 0. The maximum atomic E-state index is 11.9. The van der Waals surface area contributed by atoms with E-state index in [1.54, 1.807) is 6.20 Å². The molecule has 1 aliphatic carbocycles. The standard InChI is InChI=1S/C17H27N3O2/c21-16(14-17(22)9-3-1-4-10-17)20-13-7-6-12-19-15-8-2-5-11-18-15/h2,5,8,11,22H,1,3-4,6-7,9-10,12-14H2,(H,18,19)(H,20,21). The fourth-order valence-electron chi connectivity index (χ4n) is 2.91. The average Bonchev–Trinajstić information content (AvgIpc) is 2.52. The number of amides is 1. The highest BCUT2D eigenvalue weighted by atomic mass is 16.3. The van der Waals surface area contributed by atoms with Crippen LogP contribution in [0.25, 0.3) is 0 Å². The summed E-state index contributed by atoms with van der Waals surface area (Å²) in [5.41, 5.74) is -0.761. The molecule has 3 N–H and O–H groups in total. The van der Waals surface area contributed by atoms with E-state index in [9.17, 15) is 9.90 Å². The first-order chi connectivity index (χ1) is 10.7. The van der Waals surface area contributed by atoms with Gasteiger partial charge in [-0.05, 0) is 37.8 Å². The molecule has 0 saturated heterocycles. The molecule has 1 amide bonds. The van der Waals surface area contributed by atoms with E-state index < -0.39 is 5.60 Å². The minimum atomic E-state index is -0.761. The van der Waals surface area contributed by atoms with Gasteiger partial charge < -0.3 is 15.7 Å². The summed E-state index contributed by atoms with van der Waals surface area (Å²) >= 11 is 0. The number of aromatic nitrogens is 1. The number of hydrogen-bond acceptors (Lipinski definition) is 4. The zero-order chi connectivity index (χ0) is 15.7. The van der Waals surface area contributed by atoms with Crippen LogP contribution in [-0.4, -0.2) is 34.7 Å². The zero-order valence-electron chi connectivity index (χ0n) is 13.2. The second-order valence-corrected chi connectivity index (χ2v) is 6.16. The highest BCUT2D eigenvalue weighted by molar-refractivity contribution is 5.76. The van der Waals surface area contributed by atoms with Gasteiger partial charge in [0, 0.05) is 19.3 Å². The lowest BCUT2D eigenvalue weighted by Gasteiger charge is -2.31. The van der Waals surface area contributed by atoms with Crippen LogP contribution >= 0.6 is 0 Å². The predicted molar refractivity (Wildman–Crippen MR) is 87.6 cm³/mol. The quantitative estimate of drug-likeness (QED) is 0.645. The third-order valence-electron chi connectivity index (χ3n) is 4.17. The summed E-state index contributed by atoms with van der Waals surface area (Å²) in [6.07, 6.45) is 8.66. The van der Waals surface area contributed by atoms with Crippen LogP contribution in [0.1, 0.15) is 51.4 Å². The Morgan fingerprint density at radius 1 is 1.18 bits per heavy atom. The van der Waals surface area contributed by atoms with Crippen LogP contribution < -0.4 is 10.6 Å².